The summed E-state index contributed by atoms with van der Waals surface area (Å²) < 4.78 is 10.1. The highest BCUT2D eigenvalue weighted by Crippen LogP contribution is 2.26. The van der Waals surface area contributed by atoms with Crippen LogP contribution in [0.2, 0.25) is 5.02 Å². The lowest BCUT2D eigenvalue weighted by molar-refractivity contribution is 0.109. The maximum absolute atomic E-state index is 11.5. The van der Waals surface area contributed by atoms with E-state index in [-0.39, 0.29) is 17.1 Å². The smallest absolute Gasteiger partial charge is 0.220 e. The lowest BCUT2D eigenvalue weighted by Gasteiger charge is -2.08. The van der Waals surface area contributed by atoms with Crippen LogP contribution in [0.4, 0.5) is 0 Å². The summed E-state index contributed by atoms with van der Waals surface area (Å²) in [6.07, 6.45) is 1.40. The molecule has 0 aromatic carbocycles. The molecule has 20 heavy (non-hydrogen) atoms. The highest BCUT2D eigenvalue weighted by Gasteiger charge is 2.17. The fourth-order valence-electron chi connectivity index (χ4n) is 1.50. The first-order valence-electron chi connectivity index (χ1n) is 5.41. The van der Waals surface area contributed by atoms with E-state index in [2.05, 4.69) is 27.6 Å². The lowest BCUT2D eigenvalue weighted by Crippen LogP contribution is -2.03. The summed E-state index contributed by atoms with van der Waals surface area (Å²) >= 11 is 9.62. The molecular formula is C12H10ClN3O3S. The van der Waals surface area contributed by atoms with E-state index in [9.17, 15) is 4.79 Å². The molecule has 0 saturated carbocycles. The van der Waals surface area contributed by atoms with E-state index < -0.39 is 5.12 Å². The number of carbonyl (C=O) groups is 1. The van der Waals surface area contributed by atoms with Gasteiger partial charge >= 0.3 is 0 Å². The van der Waals surface area contributed by atoms with Crippen molar-refractivity contribution < 1.29 is 14.3 Å². The molecule has 2 heterocycles. The van der Waals surface area contributed by atoms with E-state index in [4.69, 9.17) is 21.1 Å². The summed E-state index contributed by atoms with van der Waals surface area (Å²) in [5.74, 6) is 0.776. The minimum Gasteiger partial charge on any atom is -0.481 e. The average Bonchev–Trinajstić information content (AvgIpc) is 2.46. The molecule has 0 spiro atoms. The molecule has 2 aromatic heterocycles. The number of methoxy groups -OCH3 is 2. The second kappa shape index (κ2) is 6.06. The predicted octanol–water partition coefficient (Wildman–Crippen LogP) is 2.28. The third-order valence-corrected chi connectivity index (χ3v) is 2.84. The highest BCUT2D eigenvalue weighted by molar-refractivity contribution is 7.97. The van der Waals surface area contributed by atoms with E-state index in [1.54, 1.807) is 0 Å². The zero-order valence-corrected chi connectivity index (χ0v) is 12.3. The number of ether oxygens (including phenoxy) is 2. The Morgan fingerprint density at radius 3 is 2.30 bits per heavy atom. The van der Waals surface area contributed by atoms with Crippen molar-refractivity contribution in [2.24, 2.45) is 0 Å². The summed E-state index contributed by atoms with van der Waals surface area (Å²) in [6.45, 7) is 0. The van der Waals surface area contributed by atoms with Gasteiger partial charge in [0.05, 0.1) is 30.9 Å². The zero-order chi connectivity index (χ0) is 14.7. The number of nitrogens with zero attached hydrogens (tertiary/aromatic N) is 3. The molecule has 8 heteroatoms. The van der Waals surface area contributed by atoms with Crippen LogP contribution in [0, 0.1) is 0 Å². The van der Waals surface area contributed by atoms with Crippen molar-refractivity contribution in [1.29, 1.82) is 0 Å². The Morgan fingerprint density at radius 1 is 1.20 bits per heavy atom. The van der Waals surface area contributed by atoms with Crippen LogP contribution in [0.3, 0.4) is 0 Å². The molecule has 0 atom stereocenters. The summed E-state index contributed by atoms with van der Waals surface area (Å²) in [4.78, 5) is 23.9. The van der Waals surface area contributed by atoms with Gasteiger partial charge in [-0.25, -0.2) is 0 Å². The largest absolute Gasteiger partial charge is 0.481 e. The molecule has 0 bridgehead atoms. The molecule has 0 fully saturated rings. The van der Waals surface area contributed by atoms with Crippen molar-refractivity contribution in [2.75, 3.05) is 14.2 Å². The summed E-state index contributed by atoms with van der Waals surface area (Å²) in [5.41, 5.74) is 0.461. The third-order valence-electron chi connectivity index (χ3n) is 2.39. The van der Waals surface area contributed by atoms with Crippen LogP contribution in [0.15, 0.2) is 18.3 Å². The Kier molecular flexibility index (Phi) is 4.41. The second-order valence-corrected chi connectivity index (χ2v) is 4.47. The van der Waals surface area contributed by atoms with Gasteiger partial charge in [-0.15, -0.1) is 12.6 Å². The van der Waals surface area contributed by atoms with Gasteiger partial charge in [0.15, 0.2) is 5.82 Å². The van der Waals surface area contributed by atoms with Gasteiger partial charge in [0.2, 0.25) is 16.9 Å². The number of carbonyl (C=O) groups excluding carboxylic acids is 1. The molecule has 0 amide bonds. The minimum absolute atomic E-state index is 0.190. The van der Waals surface area contributed by atoms with Crippen molar-refractivity contribution >= 4 is 29.3 Å². The van der Waals surface area contributed by atoms with Crippen LogP contribution in [0.25, 0.3) is 11.5 Å². The molecule has 2 rings (SSSR count). The molecule has 0 aliphatic heterocycles. The molecule has 104 valence electrons. The number of thiol groups is 1. The average molecular weight is 312 g/mol. The fourth-order valence-corrected chi connectivity index (χ4v) is 1.83. The van der Waals surface area contributed by atoms with E-state index in [0.29, 0.717) is 16.8 Å². The van der Waals surface area contributed by atoms with Crippen LogP contribution in [-0.4, -0.2) is 34.3 Å². The Labute approximate surface area is 125 Å². The quantitative estimate of drug-likeness (QED) is 0.873. The van der Waals surface area contributed by atoms with Gasteiger partial charge in [-0.1, -0.05) is 11.6 Å². The van der Waals surface area contributed by atoms with Gasteiger partial charge in [-0.3, -0.25) is 9.78 Å². The van der Waals surface area contributed by atoms with Crippen LogP contribution < -0.4 is 9.47 Å². The van der Waals surface area contributed by atoms with Crippen LogP contribution in [0.5, 0.6) is 11.8 Å². The third kappa shape index (κ3) is 3.00. The first-order chi connectivity index (χ1) is 9.55. The number of hydrogen-bond acceptors (Lipinski definition) is 6. The number of hydrogen-bond donors (Lipinski definition) is 1. The Morgan fingerprint density at radius 2 is 1.80 bits per heavy atom. The maximum Gasteiger partial charge on any atom is 0.220 e. The van der Waals surface area contributed by atoms with E-state index in [1.807, 2.05) is 0 Å². The summed E-state index contributed by atoms with van der Waals surface area (Å²) in [6, 6.07) is 2.97. The van der Waals surface area contributed by atoms with Crippen molar-refractivity contribution in [2.45, 2.75) is 0 Å². The monoisotopic (exact) mass is 311 g/mol. The standard InChI is InChI=1S/C12H10ClN3O3S/c1-18-8-4-9(19-2)16-11(15-8)10-7(12(17)20)3-6(13)5-14-10/h3-5H,1-2H3,(H,17,20). The van der Waals surface area contributed by atoms with E-state index in [1.165, 1.54) is 32.5 Å². The number of rotatable bonds is 4. The number of aromatic nitrogens is 3. The van der Waals surface area contributed by atoms with Gasteiger partial charge < -0.3 is 9.47 Å². The molecule has 0 N–H and O–H groups in total. The van der Waals surface area contributed by atoms with Crippen molar-refractivity contribution in [3.05, 3.63) is 28.9 Å². The molecule has 0 aliphatic rings. The topological polar surface area (TPSA) is 74.2 Å². The highest BCUT2D eigenvalue weighted by atomic mass is 35.5. The Bertz CT molecular complexity index is 644. The summed E-state index contributed by atoms with van der Waals surface area (Å²) in [5, 5.41) is -0.165. The SMILES string of the molecule is COc1cc(OC)nc(-c2ncc(Cl)cc2C(=O)S)n1. The molecule has 6 nitrogen and oxygen atoms in total. The first kappa shape index (κ1) is 14.5. The van der Waals surface area contributed by atoms with Gasteiger partial charge in [-0.2, -0.15) is 9.97 Å². The Hall–Kier alpha value is -1.86. The summed E-state index contributed by atoms with van der Waals surface area (Å²) in [7, 11) is 2.93. The van der Waals surface area contributed by atoms with Crippen LogP contribution in [0.1, 0.15) is 10.4 Å². The zero-order valence-electron chi connectivity index (χ0n) is 10.6. The van der Waals surface area contributed by atoms with Crippen LogP contribution >= 0.6 is 24.2 Å². The van der Waals surface area contributed by atoms with Gasteiger partial charge in [-0.05, 0) is 6.07 Å². The molecular weight excluding hydrogens is 302 g/mol. The van der Waals surface area contributed by atoms with Gasteiger partial charge in [0, 0.05) is 6.20 Å². The minimum atomic E-state index is -0.486. The van der Waals surface area contributed by atoms with E-state index in [0.717, 1.165) is 0 Å². The number of pyridine rings is 1. The van der Waals surface area contributed by atoms with Gasteiger partial charge in [0.25, 0.3) is 0 Å². The molecule has 0 radical (unpaired) electrons. The van der Waals surface area contributed by atoms with Crippen molar-refractivity contribution in [3.8, 4) is 23.3 Å². The lowest BCUT2D eigenvalue weighted by atomic mass is 10.2. The first-order valence-corrected chi connectivity index (χ1v) is 6.24. The normalized spacial score (nSPS) is 10.2. The van der Waals surface area contributed by atoms with Crippen molar-refractivity contribution in [3.63, 3.8) is 0 Å². The van der Waals surface area contributed by atoms with Gasteiger partial charge in [0.1, 0.15) is 5.69 Å². The Balaban J connectivity index is 2.64. The molecule has 0 aliphatic carbocycles. The van der Waals surface area contributed by atoms with Crippen LogP contribution in [-0.2, 0) is 0 Å². The van der Waals surface area contributed by atoms with E-state index >= 15 is 0 Å². The fraction of sp³-hybridized carbons (Fsp3) is 0.167. The van der Waals surface area contributed by atoms with Crippen molar-refractivity contribution in [1.82, 2.24) is 15.0 Å². The molecule has 0 unspecified atom stereocenters. The molecule has 2 aromatic rings. The number of halogens is 1. The maximum atomic E-state index is 11.5. The molecule has 0 saturated heterocycles. The second-order valence-electron chi connectivity index (χ2n) is 3.63. The predicted molar refractivity (Wildman–Crippen MR) is 76.7 cm³/mol.